The lowest BCUT2D eigenvalue weighted by Gasteiger charge is -2.36. The number of aryl methyl sites for hydroxylation is 1. The molecule has 0 bridgehead atoms. The highest BCUT2D eigenvalue weighted by Gasteiger charge is 2.29. The van der Waals surface area contributed by atoms with Gasteiger partial charge in [-0.2, -0.15) is 0 Å². The normalized spacial score (nSPS) is 29.0. The fourth-order valence-corrected chi connectivity index (χ4v) is 3.98. The lowest BCUT2D eigenvalue weighted by atomic mass is 9.82. The van der Waals surface area contributed by atoms with Crippen LogP contribution in [0.2, 0.25) is 0 Å². The molecule has 3 nitrogen and oxygen atoms in total. The molecular formula is C18H27NO2. The monoisotopic (exact) mass is 289 g/mol. The number of fused-ring (bicyclic) bond motifs is 1. The molecule has 0 radical (unpaired) electrons. The summed E-state index contributed by atoms with van der Waals surface area (Å²) in [5, 5.41) is 13.5. The zero-order valence-corrected chi connectivity index (χ0v) is 13.0. The van der Waals surface area contributed by atoms with Crippen molar-refractivity contribution >= 4 is 0 Å². The molecule has 0 amide bonds. The molecule has 1 aromatic carbocycles. The minimum Gasteiger partial charge on any atom is -0.497 e. The zero-order valence-electron chi connectivity index (χ0n) is 13.0. The molecule has 3 atom stereocenters. The van der Waals surface area contributed by atoms with E-state index in [9.17, 15) is 5.11 Å². The fraction of sp³-hybridized carbons (Fsp3) is 0.667. The second kappa shape index (κ2) is 6.80. The smallest absolute Gasteiger partial charge is 0.119 e. The Morgan fingerprint density at radius 1 is 1.19 bits per heavy atom. The number of aliphatic hydroxyl groups is 1. The molecular weight excluding hydrogens is 262 g/mol. The molecule has 0 aromatic heterocycles. The molecule has 3 rings (SSSR count). The first-order valence-corrected chi connectivity index (χ1v) is 8.35. The number of ether oxygens (including phenoxy) is 1. The van der Waals surface area contributed by atoms with Gasteiger partial charge in [0.25, 0.3) is 0 Å². The van der Waals surface area contributed by atoms with Gasteiger partial charge in [-0.1, -0.05) is 18.9 Å². The molecule has 3 unspecified atom stereocenters. The minimum atomic E-state index is 0.315. The molecule has 3 heteroatoms. The summed E-state index contributed by atoms with van der Waals surface area (Å²) in [6.07, 6.45) is 8.51. The van der Waals surface area contributed by atoms with Gasteiger partial charge < -0.3 is 15.2 Å². The van der Waals surface area contributed by atoms with Crippen molar-refractivity contribution in [1.29, 1.82) is 0 Å². The zero-order chi connectivity index (χ0) is 14.7. The molecule has 1 aromatic rings. The molecule has 1 fully saturated rings. The van der Waals surface area contributed by atoms with E-state index >= 15 is 0 Å². The van der Waals surface area contributed by atoms with E-state index in [1.807, 2.05) is 0 Å². The Balaban J connectivity index is 1.77. The average Bonchev–Trinajstić information content (AvgIpc) is 2.55. The van der Waals surface area contributed by atoms with Crippen molar-refractivity contribution in [1.82, 2.24) is 5.32 Å². The van der Waals surface area contributed by atoms with Crippen molar-refractivity contribution in [3.05, 3.63) is 29.3 Å². The van der Waals surface area contributed by atoms with Crippen LogP contribution in [0.25, 0.3) is 0 Å². The molecule has 0 saturated heterocycles. The average molecular weight is 289 g/mol. The summed E-state index contributed by atoms with van der Waals surface area (Å²) < 4.78 is 5.39. The van der Waals surface area contributed by atoms with Gasteiger partial charge in [-0.15, -0.1) is 0 Å². The Morgan fingerprint density at radius 3 is 2.86 bits per heavy atom. The lowest BCUT2D eigenvalue weighted by Crippen LogP contribution is -2.42. The van der Waals surface area contributed by atoms with Gasteiger partial charge in [0.2, 0.25) is 0 Å². The maximum Gasteiger partial charge on any atom is 0.119 e. The Kier molecular flexibility index (Phi) is 4.81. The largest absolute Gasteiger partial charge is 0.497 e. The first-order chi connectivity index (χ1) is 10.3. The number of nitrogens with one attached hydrogen (secondary N) is 1. The van der Waals surface area contributed by atoms with Crippen LogP contribution in [0.1, 0.15) is 55.7 Å². The minimum absolute atomic E-state index is 0.315. The summed E-state index contributed by atoms with van der Waals surface area (Å²) in [6, 6.07) is 7.36. The van der Waals surface area contributed by atoms with Gasteiger partial charge in [0, 0.05) is 18.7 Å². The van der Waals surface area contributed by atoms with E-state index in [-0.39, 0.29) is 0 Å². The van der Waals surface area contributed by atoms with E-state index in [2.05, 4.69) is 23.5 Å². The van der Waals surface area contributed by atoms with Crippen LogP contribution in [0.5, 0.6) is 5.75 Å². The SMILES string of the molecule is COc1ccc2c(c1)C(NC1CCCCC1CO)CCC2. The molecule has 2 aliphatic carbocycles. The van der Waals surface area contributed by atoms with Crippen LogP contribution < -0.4 is 10.1 Å². The standard InChI is InChI=1S/C18H27NO2/c1-21-15-10-9-13-6-4-8-18(16(13)11-15)19-17-7-3-2-5-14(17)12-20/h9-11,14,17-20H,2-8,12H2,1H3. The first-order valence-electron chi connectivity index (χ1n) is 8.35. The van der Waals surface area contributed by atoms with E-state index in [1.165, 1.54) is 49.7 Å². The summed E-state index contributed by atoms with van der Waals surface area (Å²) in [4.78, 5) is 0. The summed E-state index contributed by atoms with van der Waals surface area (Å²) in [5.41, 5.74) is 2.86. The van der Waals surface area contributed by atoms with E-state index in [1.54, 1.807) is 7.11 Å². The molecule has 0 spiro atoms. The third-order valence-electron chi connectivity index (χ3n) is 5.23. The van der Waals surface area contributed by atoms with Crippen LogP contribution in [-0.4, -0.2) is 24.9 Å². The topological polar surface area (TPSA) is 41.5 Å². The van der Waals surface area contributed by atoms with Crippen molar-refractivity contribution in [2.75, 3.05) is 13.7 Å². The second-order valence-electron chi connectivity index (χ2n) is 6.51. The maximum atomic E-state index is 9.61. The van der Waals surface area contributed by atoms with Gasteiger partial charge >= 0.3 is 0 Å². The Morgan fingerprint density at radius 2 is 2.05 bits per heavy atom. The third kappa shape index (κ3) is 3.24. The number of rotatable bonds is 4. The van der Waals surface area contributed by atoms with Gasteiger partial charge in [0.15, 0.2) is 0 Å². The fourth-order valence-electron chi connectivity index (χ4n) is 3.98. The van der Waals surface area contributed by atoms with Crippen LogP contribution in [-0.2, 0) is 6.42 Å². The summed E-state index contributed by atoms with van der Waals surface area (Å²) in [7, 11) is 1.73. The third-order valence-corrected chi connectivity index (χ3v) is 5.23. The van der Waals surface area contributed by atoms with Crippen molar-refractivity contribution in [2.24, 2.45) is 5.92 Å². The summed E-state index contributed by atoms with van der Waals surface area (Å²) in [5.74, 6) is 1.37. The van der Waals surface area contributed by atoms with E-state index in [4.69, 9.17) is 4.74 Å². The molecule has 2 aliphatic rings. The molecule has 21 heavy (non-hydrogen) atoms. The highest BCUT2D eigenvalue weighted by molar-refractivity contribution is 5.39. The molecule has 2 N–H and O–H groups in total. The van der Waals surface area contributed by atoms with Crippen molar-refractivity contribution in [3.63, 3.8) is 0 Å². The maximum absolute atomic E-state index is 9.61. The van der Waals surface area contributed by atoms with Crippen LogP contribution in [0.3, 0.4) is 0 Å². The summed E-state index contributed by atoms with van der Waals surface area (Å²) >= 11 is 0. The van der Waals surface area contributed by atoms with Crippen LogP contribution in [0.4, 0.5) is 0 Å². The number of hydrogen-bond acceptors (Lipinski definition) is 3. The van der Waals surface area contributed by atoms with Crippen LogP contribution in [0.15, 0.2) is 18.2 Å². The molecule has 0 aliphatic heterocycles. The van der Waals surface area contributed by atoms with Crippen molar-refractivity contribution < 1.29 is 9.84 Å². The second-order valence-corrected chi connectivity index (χ2v) is 6.51. The van der Waals surface area contributed by atoms with Crippen molar-refractivity contribution in [2.45, 2.75) is 57.0 Å². The molecule has 116 valence electrons. The van der Waals surface area contributed by atoms with Crippen molar-refractivity contribution in [3.8, 4) is 5.75 Å². The van der Waals surface area contributed by atoms with Gasteiger partial charge in [-0.05, 0) is 61.3 Å². The first kappa shape index (κ1) is 14.9. The predicted octanol–water partition coefficient (Wildman–Crippen LogP) is 3.21. The summed E-state index contributed by atoms with van der Waals surface area (Å²) in [6.45, 7) is 0.315. The van der Waals surface area contributed by atoms with Gasteiger partial charge in [-0.3, -0.25) is 0 Å². The van der Waals surface area contributed by atoms with E-state index in [0.717, 1.165) is 12.2 Å². The lowest BCUT2D eigenvalue weighted by molar-refractivity contribution is 0.143. The van der Waals surface area contributed by atoms with Gasteiger partial charge in [-0.25, -0.2) is 0 Å². The highest BCUT2D eigenvalue weighted by atomic mass is 16.5. The quantitative estimate of drug-likeness (QED) is 0.894. The number of hydrogen-bond donors (Lipinski definition) is 2. The van der Waals surface area contributed by atoms with Crippen LogP contribution in [0, 0.1) is 5.92 Å². The highest BCUT2D eigenvalue weighted by Crippen LogP contribution is 2.34. The predicted molar refractivity (Wildman–Crippen MR) is 84.6 cm³/mol. The molecule has 0 heterocycles. The van der Waals surface area contributed by atoms with E-state index in [0.29, 0.717) is 24.6 Å². The number of aliphatic hydroxyl groups excluding tert-OH is 1. The van der Waals surface area contributed by atoms with Gasteiger partial charge in [0.05, 0.1) is 7.11 Å². The number of benzene rings is 1. The van der Waals surface area contributed by atoms with Gasteiger partial charge in [0.1, 0.15) is 5.75 Å². The Bertz CT molecular complexity index is 474. The Labute approximate surface area is 127 Å². The van der Waals surface area contributed by atoms with Crippen LogP contribution >= 0.6 is 0 Å². The van der Waals surface area contributed by atoms with E-state index < -0.39 is 0 Å². The number of methoxy groups -OCH3 is 1. The molecule has 1 saturated carbocycles. The Hall–Kier alpha value is -1.06.